The van der Waals surface area contributed by atoms with Crippen LogP contribution in [0.25, 0.3) is 0 Å². The molecule has 0 saturated carbocycles. The van der Waals surface area contributed by atoms with E-state index in [4.69, 9.17) is 14.0 Å². The molecule has 0 aliphatic carbocycles. The molecular formula is C25H29N3O5. The summed E-state index contributed by atoms with van der Waals surface area (Å²) < 4.78 is 16.7. The van der Waals surface area contributed by atoms with Gasteiger partial charge in [0.15, 0.2) is 23.1 Å². The number of benzene rings is 2. The molecule has 3 aromatic rings. The largest absolute Gasteiger partial charge is 0.490 e. The van der Waals surface area contributed by atoms with Crippen molar-refractivity contribution in [2.75, 3.05) is 13.2 Å². The van der Waals surface area contributed by atoms with E-state index in [0.29, 0.717) is 42.0 Å². The Labute approximate surface area is 193 Å². The maximum Gasteiger partial charge on any atom is 0.252 e. The zero-order chi connectivity index (χ0) is 23.8. The number of aryl methyl sites for hydroxylation is 1. The van der Waals surface area contributed by atoms with E-state index in [1.165, 1.54) is 0 Å². The van der Waals surface area contributed by atoms with Gasteiger partial charge in [-0.2, -0.15) is 4.98 Å². The van der Waals surface area contributed by atoms with E-state index in [1.807, 2.05) is 13.8 Å². The van der Waals surface area contributed by atoms with Crippen molar-refractivity contribution in [1.29, 1.82) is 0 Å². The summed E-state index contributed by atoms with van der Waals surface area (Å²) in [6.07, 6.45) is 1.68. The van der Waals surface area contributed by atoms with Crippen molar-refractivity contribution in [2.24, 2.45) is 0 Å². The van der Waals surface area contributed by atoms with E-state index in [1.54, 1.807) is 56.3 Å². The third kappa shape index (κ3) is 5.97. The van der Waals surface area contributed by atoms with Crippen molar-refractivity contribution >= 4 is 11.7 Å². The van der Waals surface area contributed by atoms with Crippen LogP contribution >= 0.6 is 0 Å². The van der Waals surface area contributed by atoms with Gasteiger partial charge >= 0.3 is 0 Å². The summed E-state index contributed by atoms with van der Waals surface area (Å²) >= 11 is 0. The van der Waals surface area contributed by atoms with Gasteiger partial charge in [-0.1, -0.05) is 37.2 Å². The Kier molecular flexibility index (Phi) is 8.18. The number of aromatic nitrogens is 2. The number of nitrogens with zero attached hydrogens (tertiary/aromatic N) is 2. The summed E-state index contributed by atoms with van der Waals surface area (Å²) in [7, 11) is 0. The maximum atomic E-state index is 13.4. The van der Waals surface area contributed by atoms with Gasteiger partial charge in [0.25, 0.3) is 5.91 Å². The SMILES string of the molecule is CCCOc1ccc(C(=O)c2ccccc2C(=O)NC(C)c2nc(C)no2)cc1OCCC. The molecule has 1 aromatic heterocycles. The number of carbonyl (C=O) groups is 2. The van der Waals surface area contributed by atoms with Crippen LogP contribution < -0.4 is 14.8 Å². The van der Waals surface area contributed by atoms with Crippen molar-refractivity contribution in [3.63, 3.8) is 0 Å². The van der Waals surface area contributed by atoms with Crippen molar-refractivity contribution in [3.05, 3.63) is 70.9 Å². The second-order valence-electron chi connectivity index (χ2n) is 7.61. The van der Waals surface area contributed by atoms with E-state index in [9.17, 15) is 9.59 Å². The molecule has 0 bridgehead atoms. The summed E-state index contributed by atoms with van der Waals surface area (Å²) in [4.78, 5) is 30.5. The minimum Gasteiger partial charge on any atom is -0.490 e. The fraction of sp³-hybridized carbons (Fsp3) is 0.360. The molecule has 1 atom stereocenters. The van der Waals surface area contributed by atoms with E-state index in [0.717, 1.165) is 12.8 Å². The van der Waals surface area contributed by atoms with Gasteiger partial charge in [0.05, 0.1) is 18.8 Å². The molecular weight excluding hydrogens is 422 g/mol. The standard InChI is InChI=1S/C25H29N3O5/c1-5-13-31-21-12-11-18(15-22(21)32-14-6-2)23(29)19-9-7-8-10-20(19)24(30)26-16(3)25-27-17(4)28-33-25/h7-12,15-16H,5-6,13-14H2,1-4H3,(H,26,30). The molecule has 0 spiro atoms. The molecule has 1 amide bonds. The summed E-state index contributed by atoms with van der Waals surface area (Å²) in [5, 5.41) is 6.56. The first-order chi connectivity index (χ1) is 15.9. The van der Waals surface area contributed by atoms with Crippen LogP contribution in [0.1, 0.15) is 77.6 Å². The second kappa shape index (κ2) is 11.3. The average molecular weight is 452 g/mol. The molecule has 1 N–H and O–H groups in total. The first kappa shape index (κ1) is 24.0. The van der Waals surface area contributed by atoms with Gasteiger partial charge in [-0.3, -0.25) is 9.59 Å². The number of carbonyl (C=O) groups excluding carboxylic acids is 2. The van der Waals surface area contributed by atoms with Gasteiger partial charge in [-0.05, 0) is 51.0 Å². The van der Waals surface area contributed by atoms with Crippen LogP contribution in [0.15, 0.2) is 47.0 Å². The second-order valence-corrected chi connectivity index (χ2v) is 7.61. The minimum absolute atomic E-state index is 0.257. The lowest BCUT2D eigenvalue weighted by atomic mass is 9.97. The quantitative estimate of drug-likeness (QED) is 0.422. The van der Waals surface area contributed by atoms with Crippen molar-refractivity contribution in [3.8, 4) is 11.5 Å². The van der Waals surface area contributed by atoms with Crippen LogP contribution in [-0.2, 0) is 0 Å². The van der Waals surface area contributed by atoms with Crippen LogP contribution in [0, 0.1) is 6.92 Å². The molecule has 3 rings (SSSR count). The van der Waals surface area contributed by atoms with E-state index in [2.05, 4.69) is 15.5 Å². The van der Waals surface area contributed by atoms with Crippen LogP contribution in [-0.4, -0.2) is 35.0 Å². The maximum absolute atomic E-state index is 13.4. The normalized spacial score (nSPS) is 11.6. The Hall–Kier alpha value is -3.68. The van der Waals surface area contributed by atoms with Crippen molar-refractivity contribution in [2.45, 2.75) is 46.6 Å². The molecule has 33 heavy (non-hydrogen) atoms. The Morgan fingerprint density at radius 2 is 1.67 bits per heavy atom. The molecule has 0 saturated heterocycles. The van der Waals surface area contributed by atoms with Crippen LogP contribution in [0.4, 0.5) is 0 Å². The molecule has 0 aliphatic heterocycles. The molecule has 1 unspecified atom stereocenters. The highest BCUT2D eigenvalue weighted by Gasteiger charge is 2.22. The van der Waals surface area contributed by atoms with E-state index >= 15 is 0 Å². The molecule has 2 aromatic carbocycles. The monoisotopic (exact) mass is 451 g/mol. The first-order valence-electron chi connectivity index (χ1n) is 11.1. The zero-order valence-corrected chi connectivity index (χ0v) is 19.4. The lowest BCUT2D eigenvalue weighted by molar-refractivity contribution is 0.0923. The van der Waals surface area contributed by atoms with E-state index < -0.39 is 11.9 Å². The Balaban J connectivity index is 1.86. The fourth-order valence-electron chi connectivity index (χ4n) is 3.17. The lowest BCUT2D eigenvalue weighted by Gasteiger charge is -2.15. The fourth-order valence-corrected chi connectivity index (χ4v) is 3.17. The summed E-state index contributed by atoms with van der Waals surface area (Å²) in [5.74, 6) is 1.19. The number of ketones is 1. The molecule has 0 aliphatic rings. The number of rotatable bonds is 11. The highest BCUT2D eigenvalue weighted by atomic mass is 16.5. The van der Waals surface area contributed by atoms with Crippen LogP contribution in [0.3, 0.4) is 0 Å². The minimum atomic E-state index is -0.508. The summed E-state index contributed by atoms with van der Waals surface area (Å²) in [6.45, 7) is 8.52. The third-order valence-corrected chi connectivity index (χ3v) is 4.81. The van der Waals surface area contributed by atoms with Gasteiger partial charge < -0.3 is 19.3 Å². The molecule has 0 fully saturated rings. The number of amides is 1. The zero-order valence-electron chi connectivity index (χ0n) is 19.4. The van der Waals surface area contributed by atoms with Crippen LogP contribution in [0.2, 0.25) is 0 Å². The highest BCUT2D eigenvalue weighted by molar-refractivity contribution is 6.15. The van der Waals surface area contributed by atoms with Crippen LogP contribution in [0.5, 0.6) is 11.5 Å². The van der Waals surface area contributed by atoms with Gasteiger partial charge in [-0.15, -0.1) is 0 Å². The smallest absolute Gasteiger partial charge is 0.252 e. The molecule has 1 heterocycles. The average Bonchev–Trinajstić information content (AvgIpc) is 3.27. The summed E-state index contributed by atoms with van der Waals surface area (Å²) in [6, 6.07) is 11.3. The first-order valence-corrected chi connectivity index (χ1v) is 11.1. The highest BCUT2D eigenvalue weighted by Crippen LogP contribution is 2.30. The Bertz CT molecular complexity index is 1110. The number of hydrogen-bond acceptors (Lipinski definition) is 7. The Morgan fingerprint density at radius 1 is 1.00 bits per heavy atom. The van der Waals surface area contributed by atoms with Gasteiger partial charge in [0, 0.05) is 11.1 Å². The summed E-state index contributed by atoms with van der Waals surface area (Å²) in [5.41, 5.74) is 0.950. The predicted octanol–water partition coefficient (Wildman–Crippen LogP) is 4.68. The van der Waals surface area contributed by atoms with E-state index in [-0.39, 0.29) is 16.9 Å². The predicted molar refractivity (Wildman–Crippen MR) is 123 cm³/mol. The number of hydrogen-bond donors (Lipinski definition) is 1. The lowest BCUT2D eigenvalue weighted by Crippen LogP contribution is -2.28. The van der Waals surface area contributed by atoms with Gasteiger partial charge in [-0.25, -0.2) is 0 Å². The molecule has 8 heteroatoms. The third-order valence-electron chi connectivity index (χ3n) is 4.81. The number of ether oxygens (including phenoxy) is 2. The van der Waals surface area contributed by atoms with Crippen molar-refractivity contribution in [1.82, 2.24) is 15.5 Å². The molecule has 8 nitrogen and oxygen atoms in total. The topological polar surface area (TPSA) is 104 Å². The number of nitrogens with one attached hydrogen (secondary N) is 1. The molecule has 174 valence electrons. The van der Waals surface area contributed by atoms with Crippen molar-refractivity contribution < 1.29 is 23.6 Å². The van der Waals surface area contributed by atoms with Gasteiger partial charge in [0.1, 0.15) is 6.04 Å². The van der Waals surface area contributed by atoms with Gasteiger partial charge in [0.2, 0.25) is 5.89 Å². The molecule has 0 radical (unpaired) electrons. The Morgan fingerprint density at radius 3 is 2.30 bits per heavy atom.